The predicted octanol–water partition coefficient (Wildman–Crippen LogP) is 3.32. The molecule has 68 valence electrons. The van der Waals surface area contributed by atoms with E-state index in [1.54, 1.807) is 0 Å². The summed E-state index contributed by atoms with van der Waals surface area (Å²) in [6.45, 7) is 1.50. The Kier molecular flexibility index (Phi) is 9.93. The number of alkyl halides is 4. The zero-order chi connectivity index (χ0) is 8.69. The van der Waals surface area contributed by atoms with Crippen LogP contribution in [0.1, 0.15) is 0 Å². The van der Waals surface area contributed by atoms with Crippen molar-refractivity contribution in [1.82, 2.24) is 0 Å². The van der Waals surface area contributed by atoms with E-state index >= 15 is 0 Å². The Bertz CT molecular complexity index is 80.7. The van der Waals surface area contributed by atoms with E-state index in [9.17, 15) is 0 Å². The van der Waals surface area contributed by atoms with Crippen molar-refractivity contribution in [2.24, 2.45) is 0 Å². The third kappa shape index (κ3) is 8.22. The zero-order valence-electron chi connectivity index (χ0n) is 5.90. The minimum absolute atomic E-state index is 0.414. The monoisotopic (exact) mass is 414 g/mol. The van der Waals surface area contributed by atoms with Crippen LogP contribution in [0.15, 0.2) is 0 Å². The molecule has 0 amide bonds. The summed E-state index contributed by atoms with van der Waals surface area (Å²) in [5, 5.41) is 1.85. The van der Waals surface area contributed by atoms with Gasteiger partial charge in [-0.2, -0.15) is 0 Å². The van der Waals surface area contributed by atoms with Gasteiger partial charge in [-0.15, -0.1) is 0 Å². The first-order valence-electron chi connectivity index (χ1n) is 3.18. The molecule has 0 heterocycles. The van der Waals surface area contributed by atoms with Crippen molar-refractivity contribution >= 4 is 63.7 Å². The molecule has 0 rings (SSSR count). The fraction of sp³-hybridized carbons (Fsp3) is 1.00. The molecule has 0 radical (unpaired) electrons. The van der Waals surface area contributed by atoms with Crippen molar-refractivity contribution in [3.63, 3.8) is 0 Å². The van der Waals surface area contributed by atoms with Crippen molar-refractivity contribution in [3.05, 3.63) is 0 Å². The fourth-order valence-electron chi connectivity index (χ4n) is 0.413. The Hall–Kier alpha value is 1.88. The molecule has 0 aromatic carbocycles. The number of halogens is 4. The van der Waals surface area contributed by atoms with Crippen LogP contribution in [-0.2, 0) is 4.74 Å². The molecule has 0 aromatic rings. The maximum Gasteiger partial charge on any atom is 0.0600 e. The summed E-state index contributed by atoms with van der Waals surface area (Å²) in [5.74, 6) is 0. The predicted molar refractivity (Wildman–Crippen MR) is 63.8 cm³/mol. The van der Waals surface area contributed by atoms with Crippen molar-refractivity contribution in [2.75, 3.05) is 23.9 Å². The lowest BCUT2D eigenvalue weighted by molar-refractivity contribution is 0.145. The van der Waals surface area contributed by atoms with E-state index in [1.165, 1.54) is 0 Å². The maximum atomic E-state index is 5.39. The molecule has 1 unspecified atom stereocenters. The molecule has 0 fully saturated rings. The van der Waals surface area contributed by atoms with E-state index in [0.29, 0.717) is 9.65 Å². The second-order valence-electron chi connectivity index (χ2n) is 2.04. The molecule has 0 aliphatic rings. The van der Waals surface area contributed by atoms with Gasteiger partial charge in [0.05, 0.1) is 13.2 Å². The van der Waals surface area contributed by atoms with Crippen molar-refractivity contribution in [3.8, 4) is 0 Å². The number of ether oxygens (including phenoxy) is 1. The Morgan fingerprint density at radius 3 is 1.55 bits per heavy atom. The Morgan fingerprint density at radius 2 is 1.27 bits per heavy atom. The normalized spacial score (nSPS) is 16.4. The van der Waals surface area contributed by atoms with Gasteiger partial charge in [0.2, 0.25) is 0 Å². The smallest absolute Gasteiger partial charge is 0.0600 e. The van der Waals surface area contributed by atoms with Gasteiger partial charge >= 0.3 is 0 Å². The second-order valence-corrected chi connectivity index (χ2v) is 5.93. The molecule has 1 nitrogen and oxygen atoms in total. The average molecular weight is 418 g/mol. The summed E-state index contributed by atoms with van der Waals surface area (Å²) >= 11 is 13.6. The summed E-state index contributed by atoms with van der Waals surface area (Å²) in [6.07, 6.45) is 0. The lowest BCUT2D eigenvalue weighted by Gasteiger charge is -2.09. The molecule has 0 aromatic heterocycles. The highest BCUT2D eigenvalue weighted by atomic mass is 79.9. The van der Waals surface area contributed by atoms with Gasteiger partial charge in [-0.1, -0.05) is 63.7 Å². The highest BCUT2D eigenvalue weighted by Gasteiger charge is 2.04. The summed E-state index contributed by atoms with van der Waals surface area (Å²) in [4.78, 5) is 0.829. The Balaban J connectivity index is 3.13. The number of hydrogen-bond donors (Lipinski definition) is 0. The van der Waals surface area contributed by atoms with Gasteiger partial charge < -0.3 is 4.74 Å². The van der Waals surface area contributed by atoms with E-state index < -0.39 is 0 Å². The van der Waals surface area contributed by atoms with Crippen LogP contribution in [0.2, 0.25) is 0 Å². The molecule has 0 saturated heterocycles. The Morgan fingerprint density at radius 1 is 0.909 bits per heavy atom. The van der Waals surface area contributed by atoms with E-state index in [1.807, 2.05) is 0 Å². The lowest BCUT2D eigenvalue weighted by Crippen LogP contribution is -2.16. The quantitative estimate of drug-likeness (QED) is 0.603. The lowest BCUT2D eigenvalue weighted by atomic mass is 10.5. The Labute approximate surface area is 101 Å². The van der Waals surface area contributed by atoms with Gasteiger partial charge in [-0.3, -0.25) is 0 Å². The van der Waals surface area contributed by atoms with E-state index in [0.717, 1.165) is 23.9 Å². The van der Waals surface area contributed by atoms with E-state index in [4.69, 9.17) is 4.74 Å². The first kappa shape index (κ1) is 12.9. The second kappa shape index (κ2) is 8.48. The van der Waals surface area contributed by atoms with Crippen LogP contribution in [0, 0.1) is 0 Å². The van der Waals surface area contributed by atoms with Crippen LogP contribution < -0.4 is 0 Å². The summed E-state index contributed by atoms with van der Waals surface area (Å²) in [5.41, 5.74) is 0. The first-order valence-corrected chi connectivity index (χ1v) is 7.26. The number of rotatable bonds is 6. The molecule has 0 saturated carbocycles. The van der Waals surface area contributed by atoms with E-state index in [-0.39, 0.29) is 0 Å². The first-order chi connectivity index (χ1) is 5.20. The van der Waals surface area contributed by atoms with Gasteiger partial charge in [-0.05, 0) is 0 Å². The van der Waals surface area contributed by atoms with Gasteiger partial charge in [-0.25, -0.2) is 0 Å². The summed E-state index contributed by atoms with van der Waals surface area (Å²) < 4.78 is 5.39. The average Bonchev–Trinajstić information content (AvgIpc) is 2.04. The molecule has 0 spiro atoms. The van der Waals surface area contributed by atoms with E-state index in [2.05, 4.69) is 63.7 Å². The molecule has 0 bridgehead atoms. The molecule has 11 heavy (non-hydrogen) atoms. The van der Waals surface area contributed by atoms with Gasteiger partial charge in [0.1, 0.15) is 0 Å². The third-order valence-electron chi connectivity index (χ3n) is 0.932. The molecule has 2 atom stereocenters. The minimum atomic E-state index is 0.414. The van der Waals surface area contributed by atoms with Crippen LogP contribution in [-0.4, -0.2) is 33.5 Å². The van der Waals surface area contributed by atoms with Crippen LogP contribution >= 0.6 is 63.7 Å². The molecule has 0 aliphatic heterocycles. The van der Waals surface area contributed by atoms with Crippen molar-refractivity contribution in [2.45, 2.75) is 9.65 Å². The van der Waals surface area contributed by atoms with Crippen LogP contribution in [0.3, 0.4) is 0 Å². The van der Waals surface area contributed by atoms with Gasteiger partial charge in [0.15, 0.2) is 0 Å². The van der Waals surface area contributed by atoms with Gasteiger partial charge in [0.25, 0.3) is 0 Å². The largest absolute Gasteiger partial charge is 0.379 e. The van der Waals surface area contributed by atoms with Crippen molar-refractivity contribution < 1.29 is 4.74 Å². The highest BCUT2D eigenvalue weighted by Crippen LogP contribution is 2.07. The fourth-order valence-corrected chi connectivity index (χ4v) is 1.16. The molecular weight excluding hydrogens is 408 g/mol. The maximum absolute atomic E-state index is 5.39. The topological polar surface area (TPSA) is 9.23 Å². The zero-order valence-corrected chi connectivity index (χ0v) is 12.2. The van der Waals surface area contributed by atoms with Crippen LogP contribution in [0.4, 0.5) is 0 Å². The number of hydrogen-bond acceptors (Lipinski definition) is 1. The molecular formula is C6H10Br4O. The standard InChI is InChI=1S/C6H10Br4O/c7-1-5(9)3-11-4-6(10)2-8/h5-6H,1-4H2/t5-,6?/m1/s1. The highest BCUT2D eigenvalue weighted by molar-refractivity contribution is 9.12. The summed E-state index contributed by atoms with van der Waals surface area (Å²) in [7, 11) is 0. The van der Waals surface area contributed by atoms with Crippen LogP contribution in [0.25, 0.3) is 0 Å². The van der Waals surface area contributed by atoms with Gasteiger partial charge in [0, 0.05) is 20.3 Å². The SMILES string of the molecule is BrCC(Br)COC[C@H](Br)CBr. The minimum Gasteiger partial charge on any atom is -0.379 e. The molecule has 0 N–H and O–H groups in total. The molecule has 5 heteroatoms. The third-order valence-corrected chi connectivity index (χ3v) is 5.41. The van der Waals surface area contributed by atoms with Crippen LogP contribution in [0.5, 0.6) is 0 Å². The van der Waals surface area contributed by atoms with Crippen molar-refractivity contribution in [1.29, 1.82) is 0 Å². The summed E-state index contributed by atoms with van der Waals surface area (Å²) in [6, 6.07) is 0. The molecule has 0 aliphatic carbocycles.